The predicted octanol–water partition coefficient (Wildman–Crippen LogP) is 4.63. The zero-order valence-electron chi connectivity index (χ0n) is 17.5. The Morgan fingerprint density at radius 1 is 1.19 bits per heavy atom. The molecule has 3 aliphatic rings. The zero-order chi connectivity index (χ0) is 21.7. The molecule has 1 saturated carbocycles. The Hall–Kier alpha value is -2.65. The highest BCUT2D eigenvalue weighted by molar-refractivity contribution is 7.20. The van der Waals surface area contributed by atoms with Crippen molar-refractivity contribution in [2.45, 2.75) is 56.9 Å². The summed E-state index contributed by atoms with van der Waals surface area (Å²) in [4.78, 5) is 24.8. The van der Waals surface area contributed by atoms with Crippen LogP contribution in [0.4, 0.5) is 22.6 Å². The van der Waals surface area contributed by atoms with E-state index in [0.29, 0.717) is 16.2 Å². The second-order valence-electron chi connectivity index (χ2n) is 8.70. The molecule has 3 aromatic heterocycles. The summed E-state index contributed by atoms with van der Waals surface area (Å²) in [6.07, 6.45) is 7.12. The van der Waals surface area contributed by atoms with E-state index in [0.717, 1.165) is 66.5 Å². The minimum atomic E-state index is -0.296. The van der Waals surface area contributed by atoms with Crippen molar-refractivity contribution in [1.82, 2.24) is 20.2 Å². The van der Waals surface area contributed by atoms with E-state index in [1.165, 1.54) is 29.9 Å². The molecule has 4 heterocycles. The molecule has 1 saturated heterocycles. The van der Waals surface area contributed by atoms with E-state index in [4.69, 9.17) is 21.6 Å². The molecule has 6 rings (SSSR count). The molecular weight excluding hydrogens is 446 g/mol. The molecule has 3 aromatic rings. The molecule has 2 fully saturated rings. The predicted molar refractivity (Wildman–Crippen MR) is 126 cm³/mol. The lowest BCUT2D eigenvalue weighted by molar-refractivity contribution is -0.117. The minimum Gasteiger partial charge on any atom is -0.329 e. The lowest BCUT2D eigenvalue weighted by Gasteiger charge is -2.25. The highest BCUT2D eigenvalue weighted by Crippen LogP contribution is 2.40. The number of carbonyl (C=O) groups excluding carboxylic acids is 1. The fourth-order valence-electron chi connectivity index (χ4n) is 4.64. The molecular formula is C22H24ClN7OS. The van der Waals surface area contributed by atoms with Crippen molar-refractivity contribution in [3.8, 4) is 0 Å². The first-order chi connectivity index (χ1) is 15.6. The van der Waals surface area contributed by atoms with Crippen LogP contribution < -0.4 is 15.5 Å². The Morgan fingerprint density at radius 3 is 2.91 bits per heavy atom. The summed E-state index contributed by atoms with van der Waals surface area (Å²) in [5, 5.41) is 14.8. The molecule has 1 atom stereocenters. The van der Waals surface area contributed by atoms with Crippen LogP contribution in [0, 0.1) is 0 Å². The number of halogens is 1. The number of hydrogen-bond donors (Lipinski definition) is 3. The van der Waals surface area contributed by atoms with Gasteiger partial charge in [0.2, 0.25) is 11.9 Å². The van der Waals surface area contributed by atoms with E-state index in [9.17, 15) is 4.79 Å². The van der Waals surface area contributed by atoms with Crippen LogP contribution in [0.25, 0.3) is 0 Å². The third-order valence-corrected chi connectivity index (χ3v) is 7.56. The molecule has 10 heteroatoms. The monoisotopic (exact) mass is 469 g/mol. The van der Waals surface area contributed by atoms with E-state index in [1.54, 1.807) is 6.07 Å². The van der Waals surface area contributed by atoms with Gasteiger partial charge in [-0.2, -0.15) is 10.1 Å². The highest BCUT2D eigenvalue weighted by atomic mass is 35.5. The summed E-state index contributed by atoms with van der Waals surface area (Å²) in [5.74, 6) is 2.80. The van der Waals surface area contributed by atoms with E-state index in [2.05, 4.69) is 26.9 Å². The molecule has 0 unspecified atom stereocenters. The number of aromatic nitrogens is 4. The molecule has 1 aliphatic heterocycles. The molecule has 2 aliphatic carbocycles. The molecule has 0 bridgehead atoms. The number of rotatable bonds is 6. The number of thiophene rings is 1. The average molecular weight is 470 g/mol. The fourth-order valence-corrected chi connectivity index (χ4v) is 5.59. The quantitative estimate of drug-likeness (QED) is 0.486. The van der Waals surface area contributed by atoms with Gasteiger partial charge in [-0.3, -0.25) is 9.89 Å². The molecule has 8 nitrogen and oxygen atoms in total. The van der Waals surface area contributed by atoms with Gasteiger partial charge in [0.15, 0.2) is 5.82 Å². The van der Waals surface area contributed by atoms with Crippen molar-refractivity contribution >= 4 is 51.4 Å². The Kier molecular flexibility index (Phi) is 5.02. The third kappa shape index (κ3) is 3.84. The first-order valence-corrected chi connectivity index (χ1v) is 12.4. The third-order valence-electron chi connectivity index (χ3n) is 6.41. The number of H-pyrrole nitrogens is 1. The fraction of sp³-hybridized carbons (Fsp3) is 0.455. The van der Waals surface area contributed by atoms with Gasteiger partial charge in [0.25, 0.3) is 0 Å². The molecule has 0 spiro atoms. The number of carbonyl (C=O) groups is 1. The molecule has 0 radical (unpaired) electrons. The maximum Gasteiger partial charge on any atom is 0.247 e. The second kappa shape index (κ2) is 8.04. The summed E-state index contributed by atoms with van der Waals surface area (Å²) in [5.41, 5.74) is 3.42. The Bertz CT molecular complexity index is 1170. The topological polar surface area (TPSA) is 98.8 Å². The summed E-state index contributed by atoms with van der Waals surface area (Å²) >= 11 is 7.37. The number of aromatic amines is 1. The molecule has 3 N–H and O–H groups in total. The van der Waals surface area contributed by atoms with Crippen LogP contribution in [-0.4, -0.2) is 38.7 Å². The lowest BCUT2D eigenvalue weighted by atomic mass is 10.2. The number of anilines is 4. The number of hydrogen-bond acceptors (Lipinski definition) is 7. The maximum absolute atomic E-state index is 13.0. The minimum absolute atomic E-state index is 0.0407. The van der Waals surface area contributed by atoms with Crippen molar-refractivity contribution in [2.75, 3.05) is 22.1 Å². The Morgan fingerprint density at radius 2 is 2.09 bits per heavy atom. The SMILES string of the molecule is O=C(Nc1ccc(Cl)s1)[C@H]1CCCN1c1nc2c(c(Nc3cc(C4CC4)[nH]n3)n1)CCC2. The van der Waals surface area contributed by atoms with Crippen LogP contribution in [0.2, 0.25) is 4.34 Å². The molecule has 0 aromatic carbocycles. The smallest absolute Gasteiger partial charge is 0.247 e. The standard InChI is InChI=1S/C22H24ClN7OS/c23-17-8-9-19(32-17)26-21(31)16-5-2-10-30(16)22-24-14-4-1-3-13(14)20(27-22)25-18-11-15(28-29-18)12-6-7-12/h8-9,11-12,16H,1-7,10H2,(H,26,31)(H2,24,25,27,28,29)/t16-/m1/s1. The summed E-state index contributed by atoms with van der Waals surface area (Å²) in [6.45, 7) is 0.760. The summed E-state index contributed by atoms with van der Waals surface area (Å²) < 4.78 is 0.657. The van der Waals surface area contributed by atoms with E-state index in [-0.39, 0.29) is 11.9 Å². The maximum atomic E-state index is 13.0. The largest absolute Gasteiger partial charge is 0.329 e. The van der Waals surface area contributed by atoms with Gasteiger partial charge in [-0.1, -0.05) is 11.6 Å². The van der Waals surface area contributed by atoms with Crippen LogP contribution in [0.3, 0.4) is 0 Å². The van der Waals surface area contributed by atoms with Gasteiger partial charge in [0.1, 0.15) is 11.9 Å². The van der Waals surface area contributed by atoms with E-state index < -0.39 is 0 Å². The Labute approximate surface area is 194 Å². The number of fused-ring (bicyclic) bond motifs is 1. The second-order valence-corrected chi connectivity index (χ2v) is 10.4. The first kappa shape index (κ1) is 20.0. The van der Waals surface area contributed by atoms with Gasteiger partial charge in [-0.25, -0.2) is 4.98 Å². The summed E-state index contributed by atoms with van der Waals surface area (Å²) in [7, 11) is 0. The van der Waals surface area contributed by atoms with Gasteiger partial charge in [-0.15, -0.1) is 11.3 Å². The highest BCUT2D eigenvalue weighted by Gasteiger charge is 2.34. The van der Waals surface area contributed by atoms with Gasteiger partial charge in [0.05, 0.1) is 15.0 Å². The van der Waals surface area contributed by atoms with E-state index >= 15 is 0 Å². The van der Waals surface area contributed by atoms with Crippen molar-refractivity contribution in [2.24, 2.45) is 0 Å². The number of nitrogens with one attached hydrogen (secondary N) is 3. The van der Waals surface area contributed by atoms with Crippen LogP contribution in [0.15, 0.2) is 18.2 Å². The van der Waals surface area contributed by atoms with Gasteiger partial charge in [0, 0.05) is 29.8 Å². The summed E-state index contributed by atoms with van der Waals surface area (Å²) in [6, 6.07) is 5.41. The number of nitrogens with zero attached hydrogens (tertiary/aromatic N) is 4. The molecule has 166 valence electrons. The van der Waals surface area contributed by atoms with Crippen LogP contribution >= 0.6 is 22.9 Å². The normalized spacial score (nSPS) is 19.9. The molecule has 32 heavy (non-hydrogen) atoms. The van der Waals surface area contributed by atoms with Crippen molar-refractivity contribution in [3.05, 3.63) is 39.5 Å². The van der Waals surface area contributed by atoms with Gasteiger partial charge in [-0.05, 0) is 57.1 Å². The van der Waals surface area contributed by atoms with Crippen LogP contribution in [-0.2, 0) is 17.6 Å². The lowest BCUT2D eigenvalue weighted by Crippen LogP contribution is -2.40. The average Bonchev–Trinajstić information content (AvgIpc) is 3.20. The van der Waals surface area contributed by atoms with Crippen LogP contribution in [0.1, 0.15) is 55.0 Å². The van der Waals surface area contributed by atoms with Gasteiger partial charge < -0.3 is 15.5 Å². The van der Waals surface area contributed by atoms with Crippen LogP contribution in [0.5, 0.6) is 0 Å². The zero-order valence-corrected chi connectivity index (χ0v) is 19.1. The van der Waals surface area contributed by atoms with Crippen molar-refractivity contribution < 1.29 is 4.79 Å². The number of aryl methyl sites for hydroxylation is 1. The van der Waals surface area contributed by atoms with Crippen molar-refractivity contribution in [3.63, 3.8) is 0 Å². The molecule has 1 amide bonds. The van der Waals surface area contributed by atoms with Gasteiger partial charge >= 0.3 is 0 Å². The number of amides is 1. The Balaban J connectivity index is 1.26. The van der Waals surface area contributed by atoms with E-state index in [1.807, 2.05) is 11.0 Å². The first-order valence-electron chi connectivity index (χ1n) is 11.2. The van der Waals surface area contributed by atoms with Crippen molar-refractivity contribution in [1.29, 1.82) is 0 Å².